The highest BCUT2D eigenvalue weighted by atomic mass is 16.2. The minimum atomic E-state index is -0.00835. The normalized spacial score (nSPS) is 30.8. The Hall–Kier alpha value is -0.810. The lowest BCUT2D eigenvalue weighted by Gasteiger charge is -2.34. The average molecular weight is 254 g/mol. The van der Waals surface area contributed by atoms with Crippen molar-refractivity contribution in [1.82, 2.24) is 20.4 Å². The Labute approximate surface area is 110 Å². The second kappa shape index (κ2) is 5.89. The van der Waals surface area contributed by atoms with Gasteiger partial charge in [-0.05, 0) is 26.3 Å². The van der Waals surface area contributed by atoms with Gasteiger partial charge in [0.25, 0.3) is 0 Å². The van der Waals surface area contributed by atoms with E-state index in [1.807, 2.05) is 0 Å². The summed E-state index contributed by atoms with van der Waals surface area (Å²) >= 11 is 0. The quantitative estimate of drug-likeness (QED) is 0.760. The van der Waals surface area contributed by atoms with E-state index in [4.69, 9.17) is 0 Å². The number of nitrogens with one attached hydrogen (secondary N) is 2. The second-order valence-corrected chi connectivity index (χ2v) is 5.94. The highest BCUT2D eigenvalue weighted by Crippen LogP contribution is 2.28. The molecule has 1 aliphatic carbocycles. The molecule has 0 radical (unpaired) electrons. The number of hydrogen-bond donors (Lipinski definition) is 2. The van der Waals surface area contributed by atoms with Gasteiger partial charge in [0, 0.05) is 44.8 Å². The molecule has 1 aliphatic heterocycles. The van der Waals surface area contributed by atoms with Crippen LogP contribution in [-0.2, 0) is 0 Å². The maximum atomic E-state index is 11.7. The molecule has 0 bridgehead atoms. The highest BCUT2D eigenvalue weighted by Gasteiger charge is 2.34. The first kappa shape index (κ1) is 13.6. The van der Waals surface area contributed by atoms with E-state index in [9.17, 15) is 4.79 Å². The molecular formula is C13H26N4O. The zero-order valence-electron chi connectivity index (χ0n) is 11.8. The molecule has 2 fully saturated rings. The summed E-state index contributed by atoms with van der Waals surface area (Å²) in [5, 5.41) is 6.03. The van der Waals surface area contributed by atoms with Crippen molar-refractivity contribution in [3.8, 4) is 0 Å². The van der Waals surface area contributed by atoms with Crippen LogP contribution in [0.4, 0.5) is 4.79 Å². The number of likely N-dealkylation sites (N-methyl/N-ethyl adjacent to an activating group) is 1. The molecule has 0 unspecified atom stereocenters. The molecule has 2 amide bonds. The van der Waals surface area contributed by atoms with Crippen molar-refractivity contribution < 1.29 is 4.79 Å². The van der Waals surface area contributed by atoms with Crippen LogP contribution in [0.3, 0.4) is 0 Å². The summed E-state index contributed by atoms with van der Waals surface area (Å²) in [5.74, 6) is 0.656. The Morgan fingerprint density at radius 1 is 1.33 bits per heavy atom. The zero-order chi connectivity index (χ0) is 13.1. The van der Waals surface area contributed by atoms with Gasteiger partial charge in [0.2, 0.25) is 0 Å². The molecule has 3 atom stereocenters. The maximum absolute atomic E-state index is 11.7. The van der Waals surface area contributed by atoms with E-state index in [1.54, 1.807) is 0 Å². The number of carbonyl (C=O) groups excluding carboxylic acids is 1. The summed E-state index contributed by atoms with van der Waals surface area (Å²) in [5.41, 5.74) is 0. The summed E-state index contributed by atoms with van der Waals surface area (Å²) in [4.78, 5) is 16.5. The fraction of sp³-hybridized carbons (Fsp3) is 0.923. The summed E-state index contributed by atoms with van der Waals surface area (Å²) in [6, 6.07) is 0.606. The van der Waals surface area contributed by atoms with Crippen LogP contribution in [0.15, 0.2) is 0 Å². The Morgan fingerprint density at radius 2 is 1.94 bits per heavy atom. The van der Waals surface area contributed by atoms with Crippen LogP contribution in [0.2, 0.25) is 0 Å². The molecule has 18 heavy (non-hydrogen) atoms. The smallest absolute Gasteiger partial charge is 0.315 e. The summed E-state index contributed by atoms with van der Waals surface area (Å²) in [6.45, 7) is 9.64. The van der Waals surface area contributed by atoms with Crippen LogP contribution >= 0.6 is 0 Å². The molecule has 2 N–H and O–H groups in total. The van der Waals surface area contributed by atoms with Crippen molar-refractivity contribution in [1.29, 1.82) is 0 Å². The average Bonchev–Trinajstić information content (AvgIpc) is 2.97. The standard InChI is InChI=1S/C13H26N4O/c1-10-8-12(10)15-13(18)14-11(2)9-17-6-4-16(3)5-7-17/h10-12H,4-9H2,1-3H3,(H2,14,15,18)/t10-,11+,12+/m0/s1. The third kappa shape index (κ3) is 4.14. The van der Waals surface area contributed by atoms with Crippen molar-refractivity contribution in [3.63, 3.8) is 0 Å². The van der Waals surface area contributed by atoms with Crippen LogP contribution in [-0.4, -0.2) is 67.7 Å². The van der Waals surface area contributed by atoms with Gasteiger partial charge in [-0.25, -0.2) is 4.79 Å². The van der Waals surface area contributed by atoms with Crippen molar-refractivity contribution >= 4 is 6.03 Å². The SMILES string of the molecule is C[C@H](CN1CCN(C)CC1)NC(=O)N[C@@H]1C[C@@H]1C. The molecule has 2 aliphatic rings. The Morgan fingerprint density at radius 3 is 2.50 bits per heavy atom. The topological polar surface area (TPSA) is 47.6 Å². The van der Waals surface area contributed by atoms with Gasteiger partial charge in [-0.1, -0.05) is 6.92 Å². The molecule has 1 saturated heterocycles. The molecule has 2 rings (SSSR count). The van der Waals surface area contributed by atoms with Gasteiger partial charge in [0.05, 0.1) is 0 Å². The van der Waals surface area contributed by atoms with Gasteiger partial charge in [-0.15, -0.1) is 0 Å². The summed E-state index contributed by atoms with van der Waals surface area (Å²) < 4.78 is 0. The molecule has 0 aromatic heterocycles. The molecule has 1 heterocycles. The first-order valence-corrected chi connectivity index (χ1v) is 7.02. The van der Waals surface area contributed by atoms with Crippen molar-refractivity contribution in [2.24, 2.45) is 5.92 Å². The Kier molecular flexibility index (Phi) is 4.45. The number of nitrogens with zero attached hydrogens (tertiary/aromatic N) is 2. The number of urea groups is 1. The van der Waals surface area contributed by atoms with E-state index in [0.29, 0.717) is 12.0 Å². The molecule has 0 spiro atoms. The fourth-order valence-electron chi connectivity index (χ4n) is 2.42. The molecule has 1 saturated carbocycles. The lowest BCUT2D eigenvalue weighted by atomic mass is 10.2. The zero-order valence-corrected chi connectivity index (χ0v) is 11.8. The second-order valence-electron chi connectivity index (χ2n) is 5.94. The molecule has 5 heteroatoms. The van der Waals surface area contributed by atoms with Crippen LogP contribution < -0.4 is 10.6 Å². The van der Waals surface area contributed by atoms with Crippen LogP contribution in [0, 0.1) is 5.92 Å². The maximum Gasteiger partial charge on any atom is 0.315 e. The van der Waals surface area contributed by atoms with Gasteiger partial charge < -0.3 is 15.5 Å². The van der Waals surface area contributed by atoms with Gasteiger partial charge in [0.1, 0.15) is 0 Å². The van der Waals surface area contributed by atoms with E-state index in [1.165, 1.54) is 0 Å². The van der Waals surface area contributed by atoms with Crippen LogP contribution in [0.25, 0.3) is 0 Å². The number of hydrogen-bond acceptors (Lipinski definition) is 3. The van der Waals surface area contributed by atoms with E-state index < -0.39 is 0 Å². The van der Waals surface area contributed by atoms with Gasteiger partial charge >= 0.3 is 6.03 Å². The lowest BCUT2D eigenvalue weighted by molar-refractivity contribution is 0.144. The Bertz CT molecular complexity index is 289. The van der Waals surface area contributed by atoms with E-state index in [2.05, 4.69) is 41.3 Å². The lowest BCUT2D eigenvalue weighted by Crippen LogP contribution is -2.51. The summed E-state index contributed by atoms with van der Waals surface area (Å²) in [6.07, 6.45) is 1.13. The number of amides is 2. The minimum absolute atomic E-state index is 0.00835. The third-order valence-corrected chi connectivity index (χ3v) is 3.93. The van der Waals surface area contributed by atoms with Gasteiger partial charge in [-0.2, -0.15) is 0 Å². The fourth-order valence-corrected chi connectivity index (χ4v) is 2.42. The van der Waals surface area contributed by atoms with Crippen molar-refractivity contribution in [3.05, 3.63) is 0 Å². The molecular weight excluding hydrogens is 228 g/mol. The number of rotatable bonds is 4. The molecule has 0 aromatic carbocycles. The predicted octanol–water partition coefficient (Wildman–Crippen LogP) is 0.330. The van der Waals surface area contributed by atoms with Crippen molar-refractivity contribution in [2.45, 2.75) is 32.4 Å². The van der Waals surface area contributed by atoms with Gasteiger partial charge in [-0.3, -0.25) is 4.90 Å². The largest absolute Gasteiger partial charge is 0.335 e. The summed E-state index contributed by atoms with van der Waals surface area (Å²) in [7, 11) is 2.16. The highest BCUT2D eigenvalue weighted by molar-refractivity contribution is 5.74. The van der Waals surface area contributed by atoms with Gasteiger partial charge in [0.15, 0.2) is 0 Å². The first-order chi connectivity index (χ1) is 8.54. The third-order valence-electron chi connectivity index (χ3n) is 3.93. The first-order valence-electron chi connectivity index (χ1n) is 7.02. The van der Waals surface area contributed by atoms with Crippen molar-refractivity contribution in [2.75, 3.05) is 39.8 Å². The molecule has 0 aromatic rings. The van der Waals surface area contributed by atoms with E-state index >= 15 is 0 Å². The number of piperazine rings is 1. The predicted molar refractivity (Wildman–Crippen MR) is 72.6 cm³/mol. The van der Waals surface area contributed by atoms with E-state index in [-0.39, 0.29) is 12.1 Å². The molecule has 5 nitrogen and oxygen atoms in total. The van der Waals surface area contributed by atoms with E-state index in [0.717, 1.165) is 39.1 Å². The van der Waals surface area contributed by atoms with Crippen LogP contribution in [0.5, 0.6) is 0 Å². The van der Waals surface area contributed by atoms with Crippen LogP contribution in [0.1, 0.15) is 20.3 Å². The monoisotopic (exact) mass is 254 g/mol. The number of carbonyl (C=O) groups is 1. The molecule has 104 valence electrons. The Balaban J connectivity index is 1.62. The minimum Gasteiger partial charge on any atom is -0.335 e.